The fourth-order valence-corrected chi connectivity index (χ4v) is 2.08. The number of hydrogen-bond donors (Lipinski definition) is 2. The Hall–Kier alpha value is -2.18. The maximum Gasteiger partial charge on any atom is 0.327 e. The summed E-state index contributed by atoms with van der Waals surface area (Å²) in [5, 5.41) is 11.1. The van der Waals surface area contributed by atoms with Gasteiger partial charge in [-0.25, -0.2) is 18.4 Å². The highest BCUT2D eigenvalue weighted by Gasteiger charge is 2.38. The average Bonchev–Trinajstić information content (AvgIpc) is 2.75. The van der Waals surface area contributed by atoms with Gasteiger partial charge < -0.3 is 10.4 Å². The number of aliphatic carboxylic acids is 1. The van der Waals surface area contributed by atoms with Crippen molar-refractivity contribution in [1.29, 1.82) is 0 Å². The van der Waals surface area contributed by atoms with Crippen molar-refractivity contribution in [3.8, 4) is 0 Å². The Labute approximate surface area is 107 Å². The predicted molar refractivity (Wildman–Crippen MR) is 63.5 cm³/mol. The van der Waals surface area contributed by atoms with Gasteiger partial charge in [-0.3, -0.25) is 4.90 Å². The van der Waals surface area contributed by atoms with Crippen LogP contribution >= 0.6 is 0 Å². The molecule has 2 N–H and O–H groups in total. The number of carboxylic acid groups (broad SMARTS) is 1. The van der Waals surface area contributed by atoms with E-state index >= 15 is 0 Å². The first-order chi connectivity index (χ1) is 9.00. The summed E-state index contributed by atoms with van der Waals surface area (Å²) in [4.78, 5) is 24.0. The Kier molecular flexibility index (Phi) is 3.64. The van der Waals surface area contributed by atoms with Crippen LogP contribution in [0.5, 0.6) is 0 Å². The Balaban J connectivity index is 2.24. The second-order valence-electron chi connectivity index (χ2n) is 4.13. The first kappa shape index (κ1) is 13.3. The summed E-state index contributed by atoms with van der Waals surface area (Å²) >= 11 is 0. The van der Waals surface area contributed by atoms with E-state index in [1.165, 1.54) is 0 Å². The number of nitrogens with zero attached hydrogens (tertiary/aromatic N) is 1. The molecule has 0 saturated heterocycles. The van der Waals surface area contributed by atoms with Crippen LogP contribution in [0.25, 0.3) is 0 Å². The van der Waals surface area contributed by atoms with Gasteiger partial charge in [0.05, 0.1) is 6.54 Å². The van der Waals surface area contributed by atoms with Crippen molar-refractivity contribution < 1.29 is 23.5 Å². The highest BCUT2D eigenvalue weighted by molar-refractivity contribution is 6.01. The molecular formula is C12H12F2N2O3. The van der Waals surface area contributed by atoms with Crippen molar-refractivity contribution in [2.75, 3.05) is 11.4 Å². The second kappa shape index (κ2) is 5.21. The van der Waals surface area contributed by atoms with Gasteiger partial charge in [-0.05, 0) is 11.6 Å². The lowest BCUT2D eigenvalue weighted by atomic mass is 10.1. The minimum Gasteiger partial charge on any atom is -0.480 e. The lowest BCUT2D eigenvalue weighted by Crippen LogP contribution is -2.48. The molecule has 2 amide bonds. The predicted octanol–water partition coefficient (Wildman–Crippen LogP) is 1.48. The van der Waals surface area contributed by atoms with Gasteiger partial charge in [0.15, 0.2) is 0 Å². The number of urea groups is 1. The van der Waals surface area contributed by atoms with Crippen molar-refractivity contribution in [3.05, 3.63) is 29.8 Å². The molecule has 2 rings (SSSR count). The summed E-state index contributed by atoms with van der Waals surface area (Å²) < 4.78 is 24.2. The van der Waals surface area contributed by atoms with Crippen LogP contribution in [0.3, 0.4) is 0 Å². The highest BCUT2D eigenvalue weighted by Crippen LogP contribution is 2.32. The van der Waals surface area contributed by atoms with Crippen molar-refractivity contribution in [2.24, 2.45) is 0 Å². The van der Waals surface area contributed by atoms with E-state index in [1.54, 1.807) is 24.3 Å². The van der Waals surface area contributed by atoms with Crippen molar-refractivity contribution >= 4 is 17.7 Å². The molecule has 0 aromatic heterocycles. The molecule has 1 heterocycles. The van der Waals surface area contributed by atoms with Gasteiger partial charge in [-0.1, -0.05) is 18.2 Å². The Morgan fingerprint density at radius 2 is 2.11 bits per heavy atom. The third kappa shape index (κ3) is 2.64. The molecule has 102 valence electrons. The first-order valence-corrected chi connectivity index (χ1v) is 5.66. The Morgan fingerprint density at radius 1 is 1.42 bits per heavy atom. The Morgan fingerprint density at radius 3 is 2.74 bits per heavy atom. The molecule has 0 radical (unpaired) electrons. The number of halogens is 2. The zero-order valence-corrected chi connectivity index (χ0v) is 9.85. The minimum atomic E-state index is -2.68. The molecule has 1 aliphatic rings. The van der Waals surface area contributed by atoms with E-state index in [1.807, 2.05) is 5.32 Å². The summed E-state index contributed by atoms with van der Waals surface area (Å²) in [6.45, 7) is -0.802. The molecular weight excluding hydrogens is 258 g/mol. The zero-order valence-electron chi connectivity index (χ0n) is 9.85. The quantitative estimate of drug-likeness (QED) is 0.874. The fraction of sp³-hybridized carbons (Fsp3) is 0.333. The standard InChI is InChI=1S/C12H12F2N2O3/c13-10(14)6-15-12(19)16-8-4-2-1-3-7(8)5-9(16)11(17)18/h1-4,9-10H,5-6H2,(H,15,19)(H,17,18)/t9-/m0/s1. The van der Waals surface area contributed by atoms with Gasteiger partial charge in [-0.2, -0.15) is 0 Å². The first-order valence-electron chi connectivity index (χ1n) is 5.66. The van der Waals surface area contributed by atoms with Crippen LogP contribution in [0.2, 0.25) is 0 Å². The number of carbonyl (C=O) groups is 2. The molecule has 0 saturated carbocycles. The molecule has 7 heteroatoms. The molecule has 0 unspecified atom stereocenters. The zero-order chi connectivity index (χ0) is 14.0. The van der Waals surface area contributed by atoms with Crippen LogP contribution in [-0.2, 0) is 11.2 Å². The van der Waals surface area contributed by atoms with Gasteiger partial charge in [0, 0.05) is 12.1 Å². The molecule has 0 aliphatic carbocycles. The number of rotatable bonds is 3. The monoisotopic (exact) mass is 270 g/mol. The number of hydrogen-bond acceptors (Lipinski definition) is 2. The third-order valence-electron chi connectivity index (χ3n) is 2.89. The van der Waals surface area contributed by atoms with E-state index in [9.17, 15) is 18.4 Å². The molecule has 1 atom stereocenters. The van der Waals surface area contributed by atoms with Gasteiger partial charge >= 0.3 is 12.0 Å². The number of para-hydroxylation sites is 1. The van der Waals surface area contributed by atoms with E-state index in [0.717, 1.165) is 4.90 Å². The van der Waals surface area contributed by atoms with Crippen LogP contribution < -0.4 is 10.2 Å². The molecule has 1 aliphatic heterocycles. The van der Waals surface area contributed by atoms with Crippen molar-refractivity contribution in [2.45, 2.75) is 18.9 Å². The number of alkyl halides is 2. The molecule has 0 fully saturated rings. The fourth-order valence-electron chi connectivity index (χ4n) is 2.08. The van der Waals surface area contributed by atoms with Gasteiger partial charge in [0.25, 0.3) is 6.43 Å². The lowest BCUT2D eigenvalue weighted by molar-refractivity contribution is -0.138. The number of fused-ring (bicyclic) bond motifs is 1. The van der Waals surface area contributed by atoms with E-state index in [0.29, 0.717) is 11.3 Å². The van der Waals surface area contributed by atoms with Crippen LogP contribution in [0.4, 0.5) is 19.3 Å². The molecule has 1 aromatic carbocycles. The average molecular weight is 270 g/mol. The van der Waals surface area contributed by atoms with Crippen LogP contribution in [0, 0.1) is 0 Å². The molecule has 0 bridgehead atoms. The van der Waals surface area contributed by atoms with Crippen molar-refractivity contribution in [1.82, 2.24) is 5.32 Å². The van der Waals surface area contributed by atoms with E-state index < -0.39 is 31.0 Å². The summed E-state index contributed by atoms with van der Waals surface area (Å²) in [6, 6.07) is 4.83. The van der Waals surface area contributed by atoms with E-state index in [-0.39, 0.29) is 6.42 Å². The smallest absolute Gasteiger partial charge is 0.327 e. The van der Waals surface area contributed by atoms with Gasteiger partial charge in [0.1, 0.15) is 6.04 Å². The number of amides is 2. The van der Waals surface area contributed by atoms with Crippen LogP contribution in [0.15, 0.2) is 24.3 Å². The van der Waals surface area contributed by atoms with E-state index in [4.69, 9.17) is 5.11 Å². The topological polar surface area (TPSA) is 69.6 Å². The number of benzene rings is 1. The normalized spacial score (nSPS) is 17.4. The second-order valence-corrected chi connectivity index (χ2v) is 4.13. The molecule has 5 nitrogen and oxygen atoms in total. The number of carboxylic acids is 1. The largest absolute Gasteiger partial charge is 0.480 e. The molecule has 19 heavy (non-hydrogen) atoms. The summed E-state index contributed by atoms with van der Waals surface area (Å²) in [7, 11) is 0. The minimum absolute atomic E-state index is 0.174. The molecule has 0 spiro atoms. The number of nitrogens with one attached hydrogen (secondary N) is 1. The van der Waals surface area contributed by atoms with E-state index in [2.05, 4.69) is 0 Å². The van der Waals surface area contributed by atoms with Crippen molar-refractivity contribution in [3.63, 3.8) is 0 Å². The van der Waals surface area contributed by atoms with Crippen LogP contribution in [-0.4, -0.2) is 36.1 Å². The maximum atomic E-state index is 12.1. The maximum absolute atomic E-state index is 12.1. The lowest BCUT2D eigenvalue weighted by Gasteiger charge is -2.22. The Bertz CT molecular complexity index is 508. The van der Waals surface area contributed by atoms with Crippen LogP contribution in [0.1, 0.15) is 5.56 Å². The summed E-state index contributed by atoms with van der Waals surface area (Å²) in [5.41, 5.74) is 1.16. The molecule has 1 aromatic rings. The highest BCUT2D eigenvalue weighted by atomic mass is 19.3. The third-order valence-corrected chi connectivity index (χ3v) is 2.89. The van der Waals surface area contributed by atoms with Gasteiger partial charge in [0.2, 0.25) is 0 Å². The summed E-state index contributed by atoms with van der Waals surface area (Å²) in [5.74, 6) is -1.16. The van der Waals surface area contributed by atoms with Gasteiger partial charge in [-0.15, -0.1) is 0 Å². The summed E-state index contributed by atoms with van der Waals surface area (Å²) in [6.07, 6.45) is -2.50. The SMILES string of the molecule is O=C(O)[C@@H]1Cc2ccccc2N1C(=O)NCC(F)F. The number of carbonyl (C=O) groups excluding carboxylic acids is 1. The number of anilines is 1.